The predicted octanol–water partition coefficient (Wildman–Crippen LogP) is 5.99. The summed E-state index contributed by atoms with van der Waals surface area (Å²) in [5.41, 5.74) is 3.73. The normalized spacial score (nSPS) is 32.3. The molecule has 2 aromatic carbocycles. The van der Waals surface area contributed by atoms with Crippen molar-refractivity contribution < 1.29 is 9.47 Å². The highest BCUT2D eigenvalue weighted by Gasteiger charge is 2.62. The summed E-state index contributed by atoms with van der Waals surface area (Å²) in [6.45, 7) is 2.44. The molecule has 0 aromatic heterocycles. The van der Waals surface area contributed by atoms with Crippen molar-refractivity contribution in [1.29, 1.82) is 0 Å². The van der Waals surface area contributed by atoms with Gasteiger partial charge in [-0.25, -0.2) is 0 Å². The van der Waals surface area contributed by atoms with Gasteiger partial charge in [0.15, 0.2) is 0 Å². The first-order valence-corrected chi connectivity index (χ1v) is 11.9. The second-order valence-corrected chi connectivity index (χ2v) is 9.87. The van der Waals surface area contributed by atoms with Crippen molar-refractivity contribution in [2.75, 3.05) is 14.2 Å². The third-order valence-corrected chi connectivity index (χ3v) is 8.71. The Balaban J connectivity index is 1.42. The summed E-state index contributed by atoms with van der Waals surface area (Å²) in [6, 6.07) is 16.8. The van der Waals surface area contributed by atoms with Crippen LogP contribution in [0.4, 0.5) is 0 Å². The maximum atomic E-state index is 6.25. The van der Waals surface area contributed by atoms with Crippen LogP contribution < -0.4 is 4.74 Å². The first kappa shape index (κ1) is 21.2. The van der Waals surface area contributed by atoms with Gasteiger partial charge in [0.2, 0.25) is 0 Å². The lowest BCUT2D eigenvalue weighted by Crippen LogP contribution is -2.51. The van der Waals surface area contributed by atoms with Gasteiger partial charge in [-0.15, -0.1) is 0 Å². The molecule has 0 bridgehead atoms. The zero-order valence-electron chi connectivity index (χ0n) is 19.4. The quantitative estimate of drug-likeness (QED) is 0.551. The Hall–Kier alpha value is -2.68. The fourth-order valence-electron chi connectivity index (χ4n) is 7.03. The van der Waals surface area contributed by atoms with Crippen LogP contribution in [-0.2, 0) is 11.2 Å². The van der Waals surface area contributed by atoms with Gasteiger partial charge >= 0.3 is 0 Å². The zero-order chi connectivity index (χ0) is 22.2. The minimum atomic E-state index is -0.395. The van der Waals surface area contributed by atoms with Gasteiger partial charge in [0.05, 0.1) is 7.11 Å². The van der Waals surface area contributed by atoms with Crippen LogP contribution in [0.1, 0.15) is 61.6 Å². The molecule has 2 saturated carbocycles. The molecule has 32 heavy (non-hydrogen) atoms. The number of hydrogen-bond acceptors (Lipinski definition) is 2. The molecule has 0 heterocycles. The lowest BCUT2D eigenvalue weighted by Gasteiger charge is -2.53. The monoisotopic (exact) mass is 424 g/mol. The van der Waals surface area contributed by atoms with E-state index in [1.54, 1.807) is 12.7 Å². The summed E-state index contributed by atoms with van der Waals surface area (Å²) in [5.74, 6) is 15.9. The second kappa shape index (κ2) is 8.35. The van der Waals surface area contributed by atoms with Gasteiger partial charge in [-0.2, -0.15) is 0 Å². The highest BCUT2D eigenvalue weighted by molar-refractivity contribution is 5.43. The Labute approximate surface area is 192 Å². The lowest BCUT2D eigenvalue weighted by atomic mass is 9.53. The predicted molar refractivity (Wildman–Crippen MR) is 128 cm³/mol. The van der Waals surface area contributed by atoms with Crippen molar-refractivity contribution in [3.8, 4) is 29.4 Å². The molecule has 2 nitrogen and oxygen atoms in total. The van der Waals surface area contributed by atoms with E-state index in [1.807, 2.05) is 37.4 Å². The van der Waals surface area contributed by atoms with E-state index in [0.29, 0.717) is 17.8 Å². The number of methoxy groups -OCH3 is 2. The maximum absolute atomic E-state index is 6.25. The maximum Gasteiger partial charge on any atom is 0.134 e. The molecule has 2 aromatic rings. The van der Waals surface area contributed by atoms with Crippen molar-refractivity contribution >= 4 is 0 Å². The Morgan fingerprint density at radius 2 is 1.78 bits per heavy atom. The molecule has 0 saturated heterocycles. The fourth-order valence-corrected chi connectivity index (χ4v) is 7.03. The van der Waals surface area contributed by atoms with E-state index in [-0.39, 0.29) is 5.41 Å². The third kappa shape index (κ3) is 3.34. The summed E-state index contributed by atoms with van der Waals surface area (Å²) in [6.07, 6.45) is 6.96. The Bertz CT molecular complexity index is 1110. The largest absolute Gasteiger partial charge is 0.497 e. The van der Waals surface area contributed by atoms with Gasteiger partial charge in [0.25, 0.3) is 0 Å². The third-order valence-electron chi connectivity index (χ3n) is 8.71. The van der Waals surface area contributed by atoms with Crippen LogP contribution in [0, 0.1) is 40.9 Å². The number of fused-ring (bicyclic) bond motifs is 5. The van der Waals surface area contributed by atoms with Crippen molar-refractivity contribution in [1.82, 2.24) is 0 Å². The average Bonchev–Trinajstić information content (AvgIpc) is 3.14. The molecule has 3 aliphatic rings. The van der Waals surface area contributed by atoms with Crippen LogP contribution in [0.25, 0.3) is 0 Å². The molecule has 5 rings (SSSR count). The van der Waals surface area contributed by atoms with E-state index >= 15 is 0 Å². The summed E-state index contributed by atoms with van der Waals surface area (Å²) in [4.78, 5) is 0. The van der Waals surface area contributed by atoms with Gasteiger partial charge in [-0.05, 0) is 104 Å². The van der Waals surface area contributed by atoms with Crippen LogP contribution in [0.15, 0.2) is 48.5 Å². The van der Waals surface area contributed by atoms with E-state index < -0.39 is 5.60 Å². The standard InChI is InChI=1S/C30H32O2/c1-29-19-16-26-25-15-13-24(31-2)21-23(25)12-14-27(26)28(29)17-20-30(29,32-3)18-8-7-11-22-9-5-4-6-10-22/h4-6,9-10,13,15,21,26-28H,12,14,16-17,19-20H2,1-3H3/t26-,27-,28+,29+,30+/m1/s1. The molecular formula is C30H32O2. The zero-order valence-corrected chi connectivity index (χ0v) is 19.4. The lowest BCUT2D eigenvalue weighted by molar-refractivity contribution is -0.0885. The minimum Gasteiger partial charge on any atom is -0.497 e. The summed E-state index contributed by atoms with van der Waals surface area (Å²) < 4.78 is 11.7. The highest BCUT2D eigenvalue weighted by atomic mass is 16.5. The van der Waals surface area contributed by atoms with Crippen LogP contribution in [0.5, 0.6) is 5.75 Å². The number of hydrogen-bond donors (Lipinski definition) is 0. The molecule has 5 atom stereocenters. The van der Waals surface area contributed by atoms with Gasteiger partial charge in [-0.1, -0.05) is 43.0 Å². The van der Waals surface area contributed by atoms with E-state index in [4.69, 9.17) is 9.47 Å². The molecule has 2 fully saturated rings. The molecule has 164 valence electrons. The van der Waals surface area contributed by atoms with Crippen LogP contribution in [0.3, 0.4) is 0 Å². The van der Waals surface area contributed by atoms with Crippen LogP contribution in [-0.4, -0.2) is 19.8 Å². The smallest absolute Gasteiger partial charge is 0.134 e. The minimum absolute atomic E-state index is 0.0777. The molecule has 0 amide bonds. The molecule has 0 spiro atoms. The Morgan fingerprint density at radius 1 is 0.938 bits per heavy atom. The molecule has 0 aliphatic heterocycles. The Kier molecular flexibility index (Phi) is 5.53. The van der Waals surface area contributed by atoms with E-state index in [1.165, 1.54) is 24.8 Å². The summed E-state index contributed by atoms with van der Waals surface area (Å²) in [5, 5.41) is 0. The first-order chi connectivity index (χ1) is 15.6. The highest BCUT2D eigenvalue weighted by Crippen LogP contribution is 2.65. The van der Waals surface area contributed by atoms with E-state index in [0.717, 1.165) is 30.6 Å². The molecule has 0 unspecified atom stereocenters. The molecular weight excluding hydrogens is 392 g/mol. The Morgan fingerprint density at radius 3 is 2.56 bits per heavy atom. The number of aryl methyl sites for hydroxylation is 1. The van der Waals surface area contributed by atoms with Gasteiger partial charge in [0, 0.05) is 18.1 Å². The van der Waals surface area contributed by atoms with E-state index in [2.05, 4.69) is 48.8 Å². The van der Waals surface area contributed by atoms with Crippen molar-refractivity contribution in [2.45, 2.75) is 57.0 Å². The first-order valence-electron chi connectivity index (χ1n) is 11.9. The van der Waals surface area contributed by atoms with Crippen LogP contribution in [0.2, 0.25) is 0 Å². The second-order valence-electron chi connectivity index (χ2n) is 9.87. The molecule has 0 radical (unpaired) electrons. The number of ether oxygens (including phenoxy) is 2. The molecule has 3 aliphatic carbocycles. The van der Waals surface area contributed by atoms with Gasteiger partial charge < -0.3 is 9.47 Å². The van der Waals surface area contributed by atoms with Gasteiger partial charge in [-0.3, -0.25) is 0 Å². The molecule has 2 heteroatoms. The topological polar surface area (TPSA) is 18.5 Å². The van der Waals surface area contributed by atoms with Crippen molar-refractivity contribution in [3.63, 3.8) is 0 Å². The molecule has 0 N–H and O–H groups in total. The van der Waals surface area contributed by atoms with Crippen molar-refractivity contribution in [2.24, 2.45) is 17.3 Å². The fraction of sp³-hybridized carbons (Fsp3) is 0.467. The summed E-state index contributed by atoms with van der Waals surface area (Å²) >= 11 is 0. The van der Waals surface area contributed by atoms with Crippen LogP contribution >= 0.6 is 0 Å². The number of rotatable bonds is 2. The van der Waals surface area contributed by atoms with Crippen molar-refractivity contribution in [3.05, 3.63) is 65.2 Å². The summed E-state index contributed by atoms with van der Waals surface area (Å²) in [7, 11) is 3.61. The average molecular weight is 425 g/mol. The van der Waals surface area contributed by atoms with E-state index in [9.17, 15) is 0 Å². The SMILES string of the molecule is COc1ccc2c(c1)CC[C@@H]1[C@@H]2CC[C@@]2(C)[C@H]1CC[C@]2(C#CC#Cc1ccccc1)OC. The van der Waals surface area contributed by atoms with Gasteiger partial charge in [0.1, 0.15) is 11.4 Å². The number of benzene rings is 2.